The number of rotatable bonds is 4. The molecule has 1 aliphatic heterocycles. The molecule has 2 heterocycles. The van der Waals surface area contributed by atoms with Gasteiger partial charge < -0.3 is 14.5 Å². The van der Waals surface area contributed by atoms with E-state index in [4.69, 9.17) is 11.6 Å². The van der Waals surface area contributed by atoms with E-state index >= 15 is 0 Å². The number of hydrogen-bond acceptors (Lipinski definition) is 6. The van der Waals surface area contributed by atoms with Crippen molar-refractivity contribution in [2.45, 2.75) is 0 Å². The van der Waals surface area contributed by atoms with Crippen LogP contribution in [0.3, 0.4) is 0 Å². The molecule has 1 saturated heterocycles. The van der Waals surface area contributed by atoms with Gasteiger partial charge in [-0.2, -0.15) is 9.78 Å². The van der Waals surface area contributed by atoms with E-state index in [2.05, 4.69) is 9.84 Å². The number of para-hydroxylation sites is 1. The normalized spacial score (nSPS) is 13.7. The predicted molar refractivity (Wildman–Crippen MR) is 121 cm³/mol. The molecule has 0 atom stereocenters. The van der Waals surface area contributed by atoms with Gasteiger partial charge in [-0.1, -0.05) is 29.8 Å². The zero-order chi connectivity index (χ0) is 22.7. The molecule has 0 radical (unpaired) electrons. The van der Waals surface area contributed by atoms with Gasteiger partial charge in [-0.25, -0.2) is 4.79 Å². The van der Waals surface area contributed by atoms with Crippen LogP contribution in [0.4, 0.5) is 5.69 Å². The number of carbonyl (C=O) groups is 2. The lowest BCUT2D eigenvalue weighted by Crippen LogP contribution is -2.49. The summed E-state index contributed by atoms with van der Waals surface area (Å²) in [4.78, 5) is 40.8. The SMILES string of the molecule is COC(=O)c1ccc(C(=O)N2CCN(c3cnn(-c4ccccc4)c(=O)c3Cl)CC2)cc1. The quantitative estimate of drug-likeness (QED) is 0.566. The molecule has 4 rings (SSSR count). The monoisotopic (exact) mass is 452 g/mol. The third-order valence-corrected chi connectivity index (χ3v) is 5.72. The van der Waals surface area contributed by atoms with E-state index in [0.717, 1.165) is 0 Å². The number of amides is 1. The van der Waals surface area contributed by atoms with Gasteiger partial charge in [-0.3, -0.25) is 9.59 Å². The molecule has 2 aromatic carbocycles. The van der Waals surface area contributed by atoms with Crippen LogP contribution in [0.2, 0.25) is 5.02 Å². The Morgan fingerprint density at radius 3 is 2.19 bits per heavy atom. The number of hydrogen-bond donors (Lipinski definition) is 0. The lowest BCUT2D eigenvalue weighted by molar-refractivity contribution is 0.0599. The van der Waals surface area contributed by atoms with Gasteiger partial charge in [0.1, 0.15) is 5.02 Å². The number of esters is 1. The second-order valence-corrected chi connectivity index (χ2v) is 7.62. The second kappa shape index (κ2) is 9.23. The number of piperazine rings is 1. The van der Waals surface area contributed by atoms with E-state index in [1.54, 1.807) is 47.5 Å². The average molecular weight is 453 g/mol. The Morgan fingerprint density at radius 1 is 0.938 bits per heavy atom. The second-order valence-electron chi connectivity index (χ2n) is 7.24. The molecule has 0 N–H and O–H groups in total. The zero-order valence-corrected chi connectivity index (χ0v) is 18.2. The maximum Gasteiger partial charge on any atom is 0.337 e. The minimum absolute atomic E-state index is 0.0991. The number of ether oxygens (including phenoxy) is 1. The van der Waals surface area contributed by atoms with E-state index in [0.29, 0.717) is 48.7 Å². The molecule has 1 aliphatic rings. The average Bonchev–Trinajstić information content (AvgIpc) is 2.85. The molecule has 1 fully saturated rings. The maximum absolute atomic E-state index is 12.8. The number of halogens is 1. The first-order valence-electron chi connectivity index (χ1n) is 10.1. The zero-order valence-electron chi connectivity index (χ0n) is 17.4. The molecule has 8 nitrogen and oxygen atoms in total. The summed E-state index contributed by atoms with van der Waals surface area (Å²) in [5.41, 5.74) is 1.69. The van der Waals surface area contributed by atoms with Gasteiger partial charge in [0.25, 0.3) is 11.5 Å². The Bertz CT molecular complexity index is 1190. The van der Waals surface area contributed by atoms with Crippen molar-refractivity contribution in [2.75, 3.05) is 38.2 Å². The smallest absolute Gasteiger partial charge is 0.337 e. The van der Waals surface area contributed by atoms with Crippen LogP contribution in [0.5, 0.6) is 0 Å². The predicted octanol–water partition coefficient (Wildman–Crippen LogP) is 2.63. The highest BCUT2D eigenvalue weighted by molar-refractivity contribution is 6.33. The van der Waals surface area contributed by atoms with Crippen molar-refractivity contribution >= 4 is 29.2 Å². The lowest BCUT2D eigenvalue weighted by atomic mass is 10.1. The van der Waals surface area contributed by atoms with Crippen molar-refractivity contribution < 1.29 is 14.3 Å². The number of aromatic nitrogens is 2. The minimum atomic E-state index is -0.447. The Labute approximate surface area is 189 Å². The molecular formula is C23H21ClN4O4. The Balaban J connectivity index is 1.45. The molecule has 164 valence electrons. The number of methoxy groups -OCH3 is 1. The van der Waals surface area contributed by atoms with Crippen LogP contribution in [-0.2, 0) is 4.74 Å². The lowest BCUT2D eigenvalue weighted by Gasteiger charge is -2.36. The van der Waals surface area contributed by atoms with Crippen molar-refractivity contribution in [3.63, 3.8) is 0 Å². The molecule has 0 bridgehead atoms. The molecule has 0 spiro atoms. The largest absolute Gasteiger partial charge is 0.465 e. The fourth-order valence-electron chi connectivity index (χ4n) is 3.60. The van der Waals surface area contributed by atoms with E-state index in [9.17, 15) is 14.4 Å². The van der Waals surface area contributed by atoms with Crippen molar-refractivity contribution in [3.05, 3.63) is 87.3 Å². The number of benzene rings is 2. The van der Waals surface area contributed by atoms with Crippen molar-refractivity contribution in [2.24, 2.45) is 0 Å². The van der Waals surface area contributed by atoms with E-state index < -0.39 is 5.97 Å². The summed E-state index contributed by atoms with van der Waals surface area (Å²) in [6.07, 6.45) is 1.58. The summed E-state index contributed by atoms with van der Waals surface area (Å²) >= 11 is 6.40. The number of carbonyl (C=O) groups excluding carboxylic acids is 2. The molecule has 0 unspecified atom stereocenters. The van der Waals surface area contributed by atoms with Crippen LogP contribution in [0.15, 0.2) is 65.6 Å². The summed E-state index contributed by atoms with van der Waals surface area (Å²) < 4.78 is 5.95. The van der Waals surface area contributed by atoms with Crippen LogP contribution in [0.25, 0.3) is 5.69 Å². The highest BCUT2D eigenvalue weighted by Crippen LogP contribution is 2.23. The number of nitrogens with zero attached hydrogens (tertiary/aromatic N) is 4. The first kappa shape index (κ1) is 21.6. The third kappa shape index (κ3) is 4.22. The third-order valence-electron chi connectivity index (χ3n) is 5.36. The standard InChI is InChI=1S/C23H21ClN4O4/c1-32-23(31)17-9-7-16(8-10-17)21(29)27-13-11-26(12-14-27)19-15-25-28(22(30)20(19)24)18-5-3-2-4-6-18/h2-10,15H,11-14H2,1H3. The number of anilines is 1. The fraction of sp³-hybridized carbons (Fsp3) is 0.217. The first-order valence-corrected chi connectivity index (χ1v) is 10.4. The molecule has 0 aliphatic carbocycles. The summed E-state index contributed by atoms with van der Waals surface area (Å²) in [7, 11) is 1.31. The topological polar surface area (TPSA) is 84.7 Å². The van der Waals surface area contributed by atoms with E-state index in [1.807, 2.05) is 23.1 Å². The minimum Gasteiger partial charge on any atom is -0.465 e. The Hall–Kier alpha value is -3.65. The van der Waals surface area contributed by atoms with Crippen molar-refractivity contribution in [1.82, 2.24) is 14.7 Å². The molecule has 3 aromatic rings. The molecule has 32 heavy (non-hydrogen) atoms. The summed E-state index contributed by atoms with van der Waals surface area (Å²) in [5, 5.41) is 4.37. The molecule has 1 aromatic heterocycles. The molecule has 1 amide bonds. The Morgan fingerprint density at radius 2 is 1.56 bits per heavy atom. The van der Waals surface area contributed by atoms with E-state index in [-0.39, 0.29) is 16.5 Å². The van der Waals surface area contributed by atoms with Crippen LogP contribution >= 0.6 is 11.6 Å². The molecule has 0 saturated carbocycles. The van der Waals surface area contributed by atoms with Gasteiger partial charge in [0, 0.05) is 31.7 Å². The van der Waals surface area contributed by atoms with Crippen LogP contribution < -0.4 is 10.5 Å². The molecular weight excluding hydrogens is 432 g/mol. The van der Waals surface area contributed by atoms with Gasteiger partial charge >= 0.3 is 5.97 Å². The van der Waals surface area contributed by atoms with Gasteiger partial charge in [-0.15, -0.1) is 0 Å². The van der Waals surface area contributed by atoms with Crippen molar-refractivity contribution in [1.29, 1.82) is 0 Å². The summed E-state index contributed by atoms with van der Waals surface area (Å²) in [6, 6.07) is 15.5. The van der Waals surface area contributed by atoms with Crippen LogP contribution in [0, 0.1) is 0 Å². The Kier molecular flexibility index (Phi) is 6.23. The summed E-state index contributed by atoms with van der Waals surface area (Å²) in [6.45, 7) is 1.97. The van der Waals surface area contributed by atoms with Gasteiger partial charge in [-0.05, 0) is 36.4 Å². The van der Waals surface area contributed by atoms with Crippen LogP contribution in [0.1, 0.15) is 20.7 Å². The fourth-order valence-corrected chi connectivity index (χ4v) is 3.85. The summed E-state index contributed by atoms with van der Waals surface area (Å²) in [5.74, 6) is -0.568. The highest BCUT2D eigenvalue weighted by Gasteiger charge is 2.25. The molecule has 9 heteroatoms. The van der Waals surface area contributed by atoms with E-state index in [1.165, 1.54) is 11.8 Å². The van der Waals surface area contributed by atoms with Gasteiger partial charge in [0.15, 0.2) is 0 Å². The van der Waals surface area contributed by atoms with Crippen molar-refractivity contribution in [3.8, 4) is 5.69 Å². The highest BCUT2D eigenvalue weighted by atomic mass is 35.5. The van der Waals surface area contributed by atoms with Gasteiger partial charge in [0.2, 0.25) is 0 Å². The first-order chi connectivity index (χ1) is 15.5. The maximum atomic E-state index is 12.8. The van der Waals surface area contributed by atoms with Gasteiger partial charge in [0.05, 0.1) is 30.2 Å². The van der Waals surface area contributed by atoms with Crippen LogP contribution in [-0.4, -0.2) is 59.8 Å².